The van der Waals surface area contributed by atoms with Crippen LogP contribution in [0.5, 0.6) is 0 Å². The molecule has 3 heteroatoms. The molecule has 1 aromatic rings. The monoisotopic (exact) mass is 307 g/mol. The van der Waals surface area contributed by atoms with Gasteiger partial charge < -0.3 is 15.2 Å². The minimum absolute atomic E-state index is 0.117. The average molecular weight is 307 g/mol. The van der Waals surface area contributed by atoms with E-state index >= 15 is 0 Å². The van der Waals surface area contributed by atoms with Gasteiger partial charge in [0.25, 0.3) is 0 Å². The van der Waals surface area contributed by atoms with E-state index in [1.165, 1.54) is 37.7 Å². The van der Waals surface area contributed by atoms with Crippen LogP contribution < -0.4 is 5.73 Å². The van der Waals surface area contributed by atoms with Crippen LogP contribution in [-0.4, -0.2) is 26.0 Å². The first-order valence-corrected chi connectivity index (χ1v) is 8.58. The van der Waals surface area contributed by atoms with Gasteiger partial charge in [-0.1, -0.05) is 75.8 Å². The maximum Gasteiger partial charge on any atom is 0.186 e. The Morgan fingerprint density at radius 3 is 2.14 bits per heavy atom. The van der Waals surface area contributed by atoms with E-state index in [9.17, 15) is 0 Å². The first-order chi connectivity index (χ1) is 10.7. The second-order valence-corrected chi connectivity index (χ2v) is 6.05. The first-order valence-electron chi connectivity index (χ1n) is 8.58. The van der Waals surface area contributed by atoms with Gasteiger partial charge in [0.1, 0.15) is 0 Å². The Kier molecular flexibility index (Phi) is 9.37. The maximum absolute atomic E-state index is 6.41. The van der Waals surface area contributed by atoms with Crippen molar-refractivity contribution >= 4 is 0 Å². The molecule has 0 aliphatic carbocycles. The molecule has 0 saturated carbocycles. The SMILES string of the molecule is CCCCCCCCC(N)C(Cc1ccccc1)(OC)OC. The number of nitrogens with two attached hydrogens (primary N) is 1. The normalized spacial score (nSPS) is 13.3. The minimum atomic E-state index is -0.731. The van der Waals surface area contributed by atoms with Crippen molar-refractivity contribution in [3.8, 4) is 0 Å². The quantitative estimate of drug-likeness (QED) is 0.462. The molecule has 3 nitrogen and oxygen atoms in total. The lowest BCUT2D eigenvalue weighted by molar-refractivity contribution is -0.220. The summed E-state index contributed by atoms with van der Waals surface area (Å²) in [5.41, 5.74) is 7.60. The highest BCUT2D eigenvalue weighted by molar-refractivity contribution is 5.17. The summed E-state index contributed by atoms with van der Waals surface area (Å²) < 4.78 is 11.4. The summed E-state index contributed by atoms with van der Waals surface area (Å²) in [6.07, 6.45) is 9.23. The smallest absolute Gasteiger partial charge is 0.186 e. The van der Waals surface area contributed by atoms with Crippen molar-refractivity contribution < 1.29 is 9.47 Å². The van der Waals surface area contributed by atoms with Crippen molar-refractivity contribution in [2.75, 3.05) is 14.2 Å². The van der Waals surface area contributed by atoms with E-state index in [0.717, 1.165) is 12.8 Å². The third-order valence-electron chi connectivity index (χ3n) is 4.42. The molecule has 0 aliphatic rings. The molecule has 0 fully saturated rings. The van der Waals surface area contributed by atoms with Crippen molar-refractivity contribution in [3.05, 3.63) is 35.9 Å². The van der Waals surface area contributed by atoms with Gasteiger partial charge in [0.15, 0.2) is 5.79 Å². The van der Waals surface area contributed by atoms with Gasteiger partial charge in [-0.15, -0.1) is 0 Å². The van der Waals surface area contributed by atoms with Crippen LogP contribution in [0.15, 0.2) is 30.3 Å². The Morgan fingerprint density at radius 2 is 1.55 bits per heavy atom. The zero-order chi connectivity index (χ0) is 16.3. The molecule has 22 heavy (non-hydrogen) atoms. The van der Waals surface area contributed by atoms with Crippen LogP contribution >= 0.6 is 0 Å². The van der Waals surface area contributed by atoms with Crippen LogP contribution in [0.1, 0.15) is 57.4 Å². The molecule has 0 bridgehead atoms. The van der Waals surface area contributed by atoms with Crippen molar-refractivity contribution in [3.63, 3.8) is 0 Å². The van der Waals surface area contributed by atoms with Crippen LogP contribution in [-0.2, 0) is 15.9 Å². The summed E-state index contributed by atoms with van der Waals surface area (Å²) in [5, 5.41) is 0. The molecular formula is C19H33NO2. The highest BCUT2D eigenvalue weighted by atomic mass is 16.7. The molecule has 1 unspecified atom stereocenters. The second kappa shape index (κ2) is 10.8. The topological polar surface area (TPSA) is 44.5 Å². The predicted molar refractivity (Wildman–Crippen MR) is 92.9 cm³/mol. The fourth-order valence-electron chi connectivity index (χ4n) is 2.91. The fourth-order valence-corrected chi connectivity index (χ4v) is 2.91. The highest BCUT2D eigenvalue weighted by Crippen LogP contribution is 2.25. The average Bonchev–Trinajstić information content (AvgIpc) is 2.56. The lowest BCUT2D eigenvalue weighted by atomic mass is 9.94. The number of ether oxygens (including phenoxy) is 2. The predicted octanol–water partition coefficient (Wildman–Crippen LogP) is 4.30. The Balaban J connectivity index is 2.49. The molecule has 2 N–H and O–H groups in total. The van der Waals surface area contributed by atoms with Crippen LogP contribution in [0.3, 0.4) is 0 Å². The first kappa shape index (κ1) is 19.1. The summed E-state index contributed by atoms with van der Waals surface area (Å²) in [6.45, 7) is 2.24. The molecule has 1 rings (SSSR count). The van der Waals surface area contributed by atoms with E-state index < -0.39 is 5.79 Å². The van der Waals surface area contributed by atoms with E-state index in [2.05, 4.69) is 19.1 Å². The zero-order valence-corrected chi connectivity index (χ0v) is 14.5. The summed E-state index contributed by atoms with van der Waals surface area (Å²) in [5.74, 6) is -0.731. The maximum atomic E-state index is 6.41. The van der Waals surface area contributed by atoms with Crippen molar-refractivity contribution in [1.29, 1.82) is 0 Å². The van der Waals surface area contributed by atoms with Gasteiger partial charge in [-0.25, -0.2) is 0 Å². The van der Waals surface area contributed by atoms with Gasteiger partial charge in [0.2, 0.25) is 0 Å². The van der Waals surface area contributed by atoms with Crippen LogP contribution in [0.25, 0.3) is 0 Å². The number of hydrogen-bond acceptors (Lipinski definition) is 3. The van der Waals surface area contributed by atoms with E-state index in [4.69, 9.17) is 15.2 Å². The molecule has 0 aromatic heterocycles. The van der Waals surface area contributed by atoms with E-state index in [1.807, 2.05) is 18.2 Å². The third-order valence-corrected chi connectivity index (χ3v) is 4.42. The lowest BCUT2D eigenvalue weighted by Crippen LogP contribution is -2.52. The van der Waals surface area contributed by atoms with Crippen molar-refractivity contribution in [2.45, 2.75) is 70.1 Å². The number of methoxy groups -OCH3 is 2. The number of benzene rings is 1. The summed E-state index contributed by atoms with van der Waals surface area (Å²) in [6, 6.07) is 10.1. The van der Waals surface area contributed by atoms with Gasteiger partial charge in [-0.2, -0.15) is 0 Å². The summed E-state index contributed by atoms with van der Waals surface area (Å²) >= 11 is 0. The summed E-state index contributed by atoms with van der Waals surface area (Å²) in [4.78, 5) is 0. The fraction of sp³-hybridized carbons (Fsp3) is 0.684. The van der Waals surface area contributed by atoms with Gasteiger partial charge in [0, 0.05) is 20.6 Å². The zero-order valence-electron chi connectivity index (χ0n) is 14.5. The van der Waals surface area contributed by atoms with Crippen LogP contribution in [0.4, 0.5) is 0 Å². The molecule has 1 atom stereocenters. The molecule has 0 radical (unpaired) electrons. The van der Waals surface area contributed by atoms with Crippen molar-refractivity contribution in [2.24, 2.45) is 5.73 Å². The summed E-state index contributed by atoms with van der Waals surface area (Å²) in [7, 11) is 3.38. The molecule has 0 spiro atoms. The van der Waals surface area contributed by atoms with Gasteiger partial charge in [-0.05, 0) is 12.0 Å². The highest BCUT2D eigenvalue weighted by Gasteiger charge is 2.36. The standard InChI is InChI=1S/C19H33NO2/c1-4-5-6-7-8-12-15-18(20)19(21-2,22-3)16-17-13-10-9-11-14-17/h9-11,13-14,18H,4-8,12,15-16,20H2,1-3H3. The van der Waals surface area contributed by atoms with Crippen LogP contribution in [0, 0.1) is 0 Å². The van der Waals surface area contributed by atoms with E-state index in [0.29, 0.717) is 6.42 Å². The van der Waals surface area contributed by atoms with Gasteiger partial charge in [-0.3, -0.25) is 0 Å². The molecule has 0 amide bonds. The number of unbranched alkanes of at least 4 members (excludes halogenated alkanes) is 5. The molecular weight excluding hydrogens is 274 g/mol. The second-order valence-electron chi connectivity index (χ2n) is 6.05. The largest absolute Gasteiger partial charge is 0.351 e. The molecule has 126 valence electrons. The van der Waals surface area contributed by atoms with Crippen LogP contribution in [0.2, 0.25) is 0 Å². The van der Waals surface area contributed by atoms with Gasteiger partial charge >= 0.3 is 0 Å². The molecule has 0 saturated heterocycles. The number of hydrogen-bond donors (Lipinski definition) is 1. The molecule has 0 heterocycles. The Morgan fingerprint density at radius 1 is 0.955 bits per heavy atom. The number of rotatable bonds is 12. The molecule has 0 aliphatic heterocycles. The minimum Gasteiger partial charge on any atom is -0.351 e. The van der Waals surface area contributed by atoms with E-state index in [1.54, 1.807) is 14.2 Å². The van der Waals surface area contributed by atoms with Crippen molar-refractivity contribution in [1.82, 2.24) is 0 Å². The lowest BCUT2D eigenvalue weighted by Gasteiger charge is -2.36. The van der Waals surface area contributed by atoms with E-state index in [-0.39, 0.29) is 6.04 Å². The Labute approximate surface area is 136 Å². The Hall–Kier alpha value is -0.900. The van der Waals surface area contributed by atoms with Gasteiger partial charge in [0.05, 0.1) is 6.04 Å². The molecule has 1 aromatic carbocycles. The third kappa shape index (κ3) is 6.07. The Bertz CT molecular complexity index is 376.